The van der Waals surface area contributed by atoms with E-state index in [9.17, 15) is 4.79 Å². The monoisotopic (exact) mass is 316 g/mol. The van der Waals surface area contributed by atoms with E-state index in [0.717, 1.165) is 24.2 Å². The Labute approximate surface area is 142 Å². The SMILES string of the molecule is NC(=O)c1cccc(-c2ccc(CNCc3ccccc3)cc2)c1. The summed E-state index contributed by atoms with van der Waals surface area (Å²) in [7, 11) is 0. The number of nitrogens with one attached hydrogen (secondary N) is 1. The van der Waals surface area contributed by atoms with Crippen molar-refractivity contribution in [2.75, 3.05) is 0 Å². The molecular formula is C21H20N2O. The molecule has 0 aliphatic carbocycles. The molecule has 0 unspecified atom stereocenters. The van der Waals surface area contributed by atoms with E-state index in [2.05, 4.69) is 41.7 Å². The zero-order valence-electron chi connectivity index (χ0n) is 13.4. The molecule has 0 fully saturated rings. The topological polar surface area (TPSA) is 55.1 Å². The van der Waals surface area contributed by atoms with Gasteiger partial charge in [0.25, 0.3) is 0 Å². The molecule has 0 saturated carbocycles. The fourth-order valence-electron chi connectivity index (χ4n) is 2.61. The van der Waals surface area contributed by atoms with Crippen LogP contribution >= 0.6 is 0 Å². The van der Waals surface area contributed by atoms with Crippen LogP contribution in [0.4, 0.5) is 0 Å². The summed E-state index contributed by atoms with van der Waals surface area (Å²) in [4.78, 5) is 11.3. The van der Waals surface area contributed by atoms with E-state index in [1.165, 1.54) is 11.1 Å². The number of hydrogen-bond donors (Lipinski definition) is 2. The van der Waals surface area contributed by atoms with Crippen LogP contribution in [-0.4, -0.2) is 5.91 Å². The highest BCUT2D eigenvalue weighted by atomic mass is 16.1. The maximum absolute atomic E-state index is 11.3. The standard InChI is InChI=1S/C21H20N2O/c22-21(24)20-8-4-7-19(13-20)18-11-9-17(10-12-18)15-23-14-16-5-2-1-3-6-16/h1-13,23H,14-15H2,(H2,22,24). The van der Waals surface area contributed by atoms with Crippen molar-refractivity contribution in [1.82, 2.24) is 5.32 Å². The smallest absolute Gasteiger partial charge is 0.248 e. The van der Waals surface area contributed by atoms with Crippen molar-refractivity contribution >= 4 is 5.91 Å². The van der Waals surface area contributed by atoms with E-state index in [4.69, 9.17) is 5.73 Å². The second-order valence-electron chi connectivity index (χ2n) is 5.73. The minimum atomic E-state index is -0.404. The van der Waals surface area contributed by atoms with Gasteiger partial charge in [-0.3, -0.25) is 4.79 Å². The van der Waals surface area contributed by atoms with Crippen LogP contribution in [0.2, 0.25) is 0 Å². The van der Waals surface area contributed by atoms with Gasteiger partial charge in [0.2, 0.25) is 5.91 Å². The molecule has 0 atom stereocenters. The molecule has 3 nitrogen and oxygen atoms in total. The van der Waals surface area contributed by atoms with Crippen molar-refractivity contribution in [3.8, 4) is 11.1 Å². The second-order valence-corrected chi connectivity index (χ2v) is 5.73. The Morgan fingerprint density at radius 3 is 2.08 bits per heavy atom. The average Bonchev–Trinajstić information content (AvgIpc) is 2.63. The molecule has 1 amide bonds. The van der Waals surface area contributed by atoms with E-state index in [1.807, 2.05) is 36.4 Å². The number of benzene rings is 3. The van der Waals surface area contributed by atoms with Crippen LogP contribution in [0.15, 0.2) is 78.9 Å². The molecular weight excluding hydrogens is 296 g/mol. The van der Waals surface area contributed by atoms with Gasteiger partial charge in [0.15, 0.2) is 0 Å². The van der Waals surface area contributed by atoms with E-state index in [0.29, 0.717) is 5.56 Å². The van der Waals surface area contributed by atoms with Gasteiger partial charge in [0.05, 0.1) is 0 Å². The van der Waals surface area contributed by atoms with Crippen LogP contribution in [0.5, 0.6) is 0 Å². The second kappa shape index (κ2) is 7.57. The molecule has 3 heteroatoms. The van der Waals surface area contributed by atoms with Crippen molar-refractivity contribution in [3.63, 3.8) is 0 Å². The molecule has 3 aromatic rings. The van der Waals surface area contributed by atoms with Gasteiger partial charge < -0.3 is 11.1 Å². The first-order valence-electron chi connectivity index (χ1n) is 7.96. The number of primary amides is 1. The lowest BCUT2D eigenvalue weighted by atomic mass is 10.0. The lowest BCUT2D eigenvalue weighted by Crippen LogP contribution is -2.12. The summed E-state index contributed by atoms with van der Waals surface area (Å²) in [5.74, 6) is -0.404. The molecule has 3 aromatic carbocycles. The first kappa shape index (κ1) is 16.0. The highest BCUT2D eigenvalue weighted by Crippen LogP contribution is 2.21. The minimum absolute atomic E-state index is 0.404. The normalized spacial score (nSPS) is 10.5. The van der Waals surface area contributed by atoms with Gasteiger partial charge in [0, 0.05) is 18.7 Å². The van der Waals surface area contributed by atoms with Gasteiger partial charge in [-0.25, -0.2) is 0 Å². The first-order valence-corrected chi connectivity index (χ1v) is 7.96. The Bertz CT molecular complexity index is 811. The van der Waals surface area contributed by atoms with Crippen molar-refractivity contribution in [1.29, 1.82) is 0 Å². The summed E-state index contributed by atoms with van der Waals surface area (Å²) >= 11 is 0. The van der Waals surface area contributed by atoms with Crippen molar-refractivity contribution in [2.24, 2.45) is 5.73 Å². The van der Waals surface area contributed by atoms with Crippen molar-refractivity contribution in [2.45, 2.75) is 13.1 Å². The summed E-state index contributed by atoms with van der Waals surface area (Å²) in [6.07, 6.45) is 0. The number of nitrogens with two attached hydrogens (primary N) is 1. The molecule has 24 heavy (non-hydrogen) atoms. The Morgan fingerprint density at radius 2 is 1.42 bits per heavy atom. The number of rotatable bonds is 6. The third-order valence-electron chi connectivity index (χ3n) is 3.94. The summed E-state index contributed by atoms with van der Waals surface area (Å²) in [5, 5.41) is 3.44. The molecule has 0 aliphatic heterocycles. The molecule has 3 rings (SSSR count). The molecule has 0 spiro atoms. The molecule has 0 aliphatic rings. The van der Waals surface area contributed by atoms with E-state index in [-0.39, 0.29) is 0 Å². The fraction of sp³-hybridized carbons (Fsp3) is 0.0952. The van der Waals surface area contributed by atoms with E-state index >= 15 is 0 Å². The zero-order valence-corrected chi connectivity index (χ0v) is 13.4. The predicted molar refractivity (Wildman–Crippen MR) is 97.4 cm³/mol. The summed E-state index contributed by atoms with van der Waals surface area (Å²) in [6, 6.07) is 26.1. The average molecular weight is 316 g/mol. The number of amides is 1. The van der Waals surface area contributed by atoms with Gasteiger partial charge in [-0.2, -0.15) is 0 Å². The molecule has 120 valence electrons. The highest BCUT2D eigenvalue weighted by Gasteiger charge is 2.03. The van der Waals surface area contributed by atoms with Gasteiger partial charge in [0.1, 0.15) is 0 Å². The van der Waals surface area contributed by atoms with Crippen LogP contribution in [0.25, 0.3) is 11.1 Å². The largest absolute Gasteiger partial charge is 0.366 e. The van der Waals surface area contributed by atoms with Gasteiger partial charge >= 0.3 is 0 Å². The van der Waals surface area contributed by atoms with Gasteiger partial charge in [-0.1, -0.05) is 66.7 Å². The fourth-order valence-corrected chi connectivity index (χ4v) is 2.61. The predicted octanol–water partition coefficient (Wildman–Crippen LogP) is 3.74. The number of carbonyl (C=O) groups is 1. The van der Waals surface area contributed by atoms with Gasteiger partial charge in [-0.15, -0.1) is 0 Å². The van der Waals surface area contributed by atoms with Crippen LogP contribution < -0.4 is 11.1 Å². The Hall–Kier alpha value is -2.91. The van der Waals surface area contributed by atoms with E-state index < -0.39 is 5.91 Å². The van der Waals surface area contributed by atoms with E-state index in [1.54, 1.807) is 6.07 Å². The Morgan fingerprint density at radius 1 is 0.750 bits per heavy atom. The summed E-state index contributed by atoms with van der Waals surface area (Å²) < 4.78 is 0. The Kier molecular flexibility index (Phi) is 5.04. The number of hydrogen-bond acceptors (Lipinski definition) is 2. The number of carbonyl (C=O) groups excluding carboxylic acids is 1. The van der Waals surface area contributed by atoms with Crippen molar-refractivity contribution < 1.29 is 4.79 Å². The molecule has 0 bridgehead atoms. The third-order valence-corrected chi connectivity index (χ3v) is 3.94. The molecule has 3 N–H and O–H groups in total. The molecule has 0 saturated heterocycles. The first-order chi connectivity index (χ1) is 11.7. The molecule has 0 radical (unpaired) electrons. The van der Waals surface area contributed by atoms with Gasteiger partial charge in [-0.05, 0) is 34.4 Å². The van der Waals surface area contributed by atoms with Crippen molar-refractivity contribution in [3.05, 3.63) is 95.6 Å². The van der Waals surface area contributed by atoms with Crippen LogP contribution in [0, 0.1) is 0 Å². The quantitative estimate of drug-likeness (QED) is 0.728. The summed E-state index contributed by atoms with van der Waals surface area (Å²) in [5.41, 5.74) is 10.4. The van der Waals surface area contributed by atoms with Crippen LogP contribution in [0.3, 0.4) is 0 Å². The maximum Gasteiger partial charge on any atom is 0.248 e. The highest BCUT2D eigenvalue weighted by molar-refractivity contribution is 5.94. The zero-order chi connectivity index (χ0) is 16.8. The maximum atomic E-state index is 11.3. The van der Waals surface area contributed by atoms with Crippen LogP contribution in [-0.2, 0) is 13.1 Å². The lowest BCUT2D eigenvalue weighted by Gasteiger charge is -2.07. The molecule has 0 heterocycles. The minimum Gasteiger partial charge on any atom is -0.366 e. The lowest BCUT2D eigenvalue weighted by molar-refractivity contribution is 0.100. The third kappa shape index (κ3) is 4.09. The Balaban J connectivity index is 1.63. The van der Waals surface area contributed by atoms with Crippen LogP contribution in [0.1, 0.15) is 21.5 Å². The summed E-state index contributed by atoms with van der Waals surface area (Å²) in [6.45, 7) is 1.67. The molecule has 0 aromatic heterocycles.